The summed E-state index contributed by atoms with van der Waals surface area (Å²) in [5, 5.41) is 11.8. The molecular weight excluding hydrogens is 276 g/mol. The van der Waals surface area contributed by atoms with Crippen LogP contribution in [0, 0.1) is 6.92 Å². The van der Waals surface area contributed by atoms with Gasteiger partial charge in [0.25, 0.3) is 0 Å². The molecule has 1 saturated heterocycles. The van der Waals surface area contributed by atoms with E-state index in [1.54, 1.807) is 19.2 Å². The van der Waals surface area contributed by atoms with Crippen molar-refractivity contribution in [3.05, 3.63) is 23.8 Å². The zero-order valence-corrected chi connectivity index (χ0v) is 11.9. The summed E-state index contributed by atoms with van der Waals surface area (Å²) < 4.78 is 5.14. The van der Waals surface area contributed by atoms with Gasteiger partial charge in [-0.25, -0.2) is 19.6 Å². The average Bonchev–Trinajstić information content (AvgIpc) is 2.89. The van der Waals surface area contributed by atoms with E-state index in [0.717, 1.165) is 0 Å². The molecule has 2 amide bonds. The summed E-state index contributed by atoms with van der Waals surface area (Å²) >= 11 is 0. The van der Waals surface area contributed by atoms with E-state index in [1.165, 1.54) is 12.0 Å². The lowest BCUT2D eigenvalue weighted by molar-refractivity contribution is -0.141. The van der Waals surface area contributed by atoms with E-state index in [1.807, 2.05) is 0 Å². The predicted octanol–water partition coefficient (Wildman–Crippen LogP) is 0.169. The number of carbonyl (C=O) groups excluding carboxylic acids is 1. The number of urea groups is 1. The van der Waals surface area contributed by atoms with Gasteiger partial charge in [0.1, 0.15) is 11.9 Å². The molecule has 2 atom stereocenters. The van der Waals surface area contributed by atoms with Gasteiger partial charge in [0.2, 0.25) is 0 Å². The fraction of sp³-hybridized carbons (Fsp3) is 0.538. The summed E-state index contributed by atoms with van der Waals surface area (Å²) in [5.41, 5.74) is 0.671. The largest absolute Gasteiger partial charge is 0.480 e. The van der Waals surface area contributed by atoms with Crippen molar-refractivity contribution in [1.82, 2.24) is 20.2 Å². The number of hydrogen-bond acceptors (Lipinski definition) is 5. The summed E-state index contributed by atoms with van der Waals surface area (Å²) in [5.74, 6) is -0.409. The van der Waals surface area contributed by atoms with Gasteiger partial charge in [0.15, 0.2) is 0 Å². The summed E-state index contributed by atoms with van der Waals surface area (Å²) in [6.45, 7) is 2.25. The third-order valence-corrected chi connectivity index (χ3v) is 3.40. The van der Waals surface area contributed by atoms with Crippen LogP contribution in [0.15, 0.2) is 12.3 Å². The molecule has 2 N–H and O–H groups in total. The number of amides is 2. The van der Waals surface area contributed by atoms with Crippen molar-refractivity contribution in [1.29, 1.82) is 0 Å². The van der Waals surface area contributed by atoms with E-state index in [4.69, 9.17) is 9.84 Å². The summed E-state index contributed by atoms with van der Waals surface area (Å²) in [4.78, 5) is 32.8. The van der Waals surface area contributed by atoms with Crippen LogP contribution in [-0.2, 0) is 16.1 Å². The van der Waals surface area contributed by atoms with Crippen LogP contribution in [0.3, 0.4) is 0 Å². The fourth-order valence-electron chi connectivity index (χ4n) is 2.30. The smallest absolute Gasteiger partial charge is 0.326 e. The molecule has 0 bridgehead atoms. The minimum Gasteiger partial charge on any atom is -0.480 e. The number of hydrogen-bond donors (Lipinski definition) is 2. The number of nitrogens with zero attached hydrogens (tertiary/aromatic N) is 3. The number of carboxylic acid groups (broad SMARTS) is 1. The predicted molar refractivity (Wildman–Crippen MR) is 72.5 cm³/mol. The van der Waals surface area contributed by atoms with Gasteiger partial charge in [-0.05, 0) is 13.0 Å². The van der Waals surface area contributed by atoms with E-state index >= 15 is 0 Å². The SMILES string of the molecule is COC1CC(C(=O)O)N(C(=O)NCc2ccnc(C)n2)C1. The Morgan fingerprint density at radius 3 is 2.95 bits per heavy atom. The zero-order valence-electron chi connectivity index (χ0n) is 11.9. The van der Waals surface area contributed by atoms with Gasteiger partial charge in [-0.1, -0.05) is 0 Å². The molecule has 1 aliphatic heterocycles. The number of ether oxygens (including phenoxy) is 1. The third kappa shape index (κ3) is 3.66. The number of nitrogens with one attached hydrogen (secondary N) is 1. The fourth-order valence-corrected chi connectivity index (χ4v) is 2.30. The lowest BCUT2D eigenvalue weighted by Crippen LogP contribution is -2.46. The molecule has 0 radical (unpaired) electrons. The van der Waals surface area contributed by atoms with Crippen molar-refractivity contribution in [2.45, 2.75) is 32.0 Å². The van der Waals surface area contributed by atoms with E-state index < -0.39 is 18.0 Å². The topological polar surface area (TPSA) is 105 Å². The molecule has 114 valence electrons. The monoisotopic (exact) mass is 294 g/mol. The number of likely N-dealkylation sites (tertiary alicyclic amines) is 1. The Morgan fingerprint density at radius 2 is 2.33 bits per heavy atom. The molecule has 1 aromatic rings. The Bertz CT molecular complexity index is 537. The van der Waals surface area contributed by atoms with E-state index in [9.17, 15) is 9.59 Å². The van der Waals surface area contributed by atoms with E-state index in [2.05, 4.69) is 15.3 Å². The molecule has 8 nitrogen and oxygen atoms in total. The highest BCUT2D eigenvalue weighted by molar-refractivity contribution is 5.83. The normalized spacial score (nSPS) is 21.3. The quantitative estimate of drug-likeness (QED) is 0.820. The van der Waals surface area contributed by atoms with Gasteiger partial charge in [-0.3, -0.25) is 0 Å². The first-order chi connectivity index (χ1) is 10.0. The van der Waals surface area contributed by atoms with Crippen LogP contribution in [0.4, 0.5) is 4.79 Å². The van der Waals surface area contributed by atoms with Crippen LogP contribution >= 0.6 is 0 Å². The van der Waals surface area contributed by atoms with Crippen LogP contribution < -0.4 is 5.32 Å². The molecular formula is C13H18N4O4. The maximum Gasteiger partial charge on any atom is 0.326 e. The Labute approximate surface area is 122 Å². The van der Waals surface area contributed by atoms with Crippen LogP contribution in [0.5, 0.6) is 0 Å². The van der Waals surface area contributed by atoms with Crippen molar-refractivity contribution < 1.29 is 19.4 Å². The van der Waals surface area contributed by atoms with Crippen LogP contribution in [0.25, 0.3) is 0 Å². The number of rotatable bonds is 4. The van der Waals surface area contributed by atoms with Gasteiger partial charge in [0.05, 0.1) is 18.3 Å². The second kappa shape index (κ2) is 6.49. The second-order valence-electron chi connectivity index (χ2n) is 4.85. The Hall–Kier alpha value is -2.22. The molecule has 1 fully saturated rings. The van der Waals surface area contributed by atoms with Crippen molar-refractivity contribution in [3.63, 3.8) is 0 Å². The van der Waals surface area contributed by atoms with Crippen molar-refractivity contribution in [3.8, 4) is 0 Å². The highest BCUT2D eigenvalue weighted by Gasteiger charge is 2.39. The van der Waals surface area contributed by atoms with Crippen LogP contribution in [0.2, 0.25) is 0 Å². The first-order valence-corrected chi connectivity index (χ1v) is 6.60. The number of aryl methyl sites for hydroxylation is 1. The van der Waals surface area contributed by atoms with Crippen molar-refractivity contribution >= 4 is 12.0 Å². The average molecular weight is 294 g/mol. The number of methoxy groups -OCH3 is 1. The number of carbonyl (C=O) groups is 2. The maximum atomic E-state index is 12.1. The molecule has 0 aliphatic carbocycles. The summed E-state index contributed by atoms with van der Waals surface area (Å²) in [7, 11) is 1.51. The van der Waals surface area contributed by atoms with Gasteiger partial charge in [0, 0.05) is 26.3 Å². The Morgan fingerprint density at radius 1 is 1.57 bits per heavy atom. The Kier molecular flexibility index (Phi) is 4.69. The summed E-state index contributed by atoms with van der Waals surface area (Å²) in [6, 6.07) is 0.407. The maximum absolute atomic E-state index is 12.1. The molecule has 8 heteroatoms. The van der Waals surface area contributed by atoms with E-state index in [0.29, 0.717) is 17.9 Å². The van der Waals surface area contributed by atoms with Gasteiger partial charge >= 0.3 is 12.0 Å². The zero-order chi connectivity index (χ0) is 15.4. The molecule has 2 rings (SSSR count). The Balaban J connectivity index is 1.97. The highest BCUT2D eigenvalue weighted by atomic mass is 16.5. The second-order valence-corrected chi connectivity index (χ2v) is 4.85. The van der Waals surface area contributed by atoms with E-state index in [-0.39, 0.29) is 19.2 Å². The van der Waals surface area contributed by atoms with Crippen molar-refractivity contribution in [2.24, 2.45) is 0 Å². The molecule has 2 heterocycles. The first-order valence-electron chi connectivity index (χ1n) is 6.60. The standard InChI is InChI=1S/C13H18N4O4/c1-8-14-4-3-9(16-8)6-15-13(20)17-7-10(21-2)5-11(17)12(18)19/h3-4,10-11H,5-7H2,1-2H3,(H,15,20)(H,18,19). The molecule has 21 heavy (non-hydrogen) atoms. The highest BCUT2D eigenvalue weighted by Crippen LogP contribution is 2.20. The van der Waals surface area contributed by atoms with Gasteiger partial charge in [-0.2, -0.15) is 0 Å². The van der Waals surface area contributed by atoms with Crippen LogP contribution in [-0.4, -0.2) is 57.8 Å². The lowest BCUT2D eigenvalue weighted by atomic mass is 10.2. The number of aliphatic carboxylic acids is 1. The lowest BCUT2D eigenvalue weighted by Gasteiger charge is -2.21. The molecule has 1 aliphatic rings. The van der Waals surface area contributed by atoms with Gasteiger partial charge < -0.3 is 20.1 Å². The number of aromatic nitrogens is 2. The molecule has 1 aromatic heterocycles. The first kappa shape index (κ1) is 15.2. The molecule has 2 unspecified atom stereocenters. The third-order valence-electron chi connectivity index (χ3n) is 3.40. The molecule has 0 aromatic carbocycles. The van der Waals surface area contributed by atoms with Gasteiger partial charge in [-0.15, -0.1) is 0 Å². The van der Waals surface area contributed by atoms with Crippen LogP contribution in [0.1, 0.15) is 17.9 Å². The summed E-state index contributed by atoms with van der Waals surface area (Å²) in [6.07, 6.45) is 1.66. The number of carboxylic acids is 1. The minimum absolute atomic E-state index is 0.225. The molecule has 0 saturated carbocycles. The molecule has 0 spiro atoms. The van der Waals surface area contributed by atoms with Crippen molar-refractivity contribution in [2.75, 3.05) is 13.7 Å². The minimum atomic E-state index is -1.03.